The second-order valence-corrected chi connectivity index (χ2v) is 3.07. The number of aryl methyl sites for hydroxylation is 1. The van der Waals surface area contributed by atoms with E-state index in [-0.39, 0.29) is 0 Å². The molecule has 0 N–H and O–H groups in total. The number of benzene rings is 1. The van der Waals surface area contributed by atoms with Crippen molar-refractivity contribution in [2.45, 2.75) is 12.8 Å². The van der Waals surface area contributed by atoms with Gasteiger partial charge in [-0.3, -0.25) is 0 Å². The van der Waals surface area contributed by atoms with Gasteiger partial charge in [0, 0.05) is 5.88 Å². The first-order valence-corrected chi connectivity index (χ1v) is 4.68. The molecule has 1 heteroatoms. The van der Waals surface area contributed by atoms with Crippen LogP contribution in [-0.2, 0) is 6.42 Å². The first-order chi connectivity index (χ1) is 5.88. The molecular weight excluding hydrogens is 168 g/mol. The molecular formula is C11H13Cl. The van der Waals surface area contributed by atoms with E-state index in [2.05, 4.69) is 24.8 Å². The Morgan fingerprint density at radius 1 is 1.33 bits per heavy atom. The van der Waals surface area contributed by atoms with E-state index in [1.54, 1.807) is 0 Å². The van der Waals surface area contributed by atoms with Crippen LogP contribution in [0.2, 0.25) is 0 Å². The molecule has 0 spiro atoms. The minimum absolute atomic E-state index is 0.728. The Labute approximate surface area is 78.9 Å². The van der Waals surface area contributed by atoms with Crippen molar-refractivity contribution in [1.82, 2.24) is 0 Å². The van der Waals surface area contributed by atoms with Crippen molar-refractivity contribution in [2.75, 3.05) is 5.88 Å². The molecule has 0 saturated heterocycles. The van der Waals surface area contributed by atoms with Crippen molar-refractivity contribution in [3.05, 3.63) is 42.0 Å². The molecule has 0 aliphatic carbocycles. The summed E-state index contributed by atoms with van der Waals surface area (Å²) in [7, 11) is 0. The molecule has 0 atom stereocenters. The minimum atomic E-state index is 0.728. The molecule has 0 bridgehead atoms. The summed E-state index contributed by atoms with van der Waals surface area (Å²) in [6, 6.07) is 8.29. The molecule has 0 fully saturated rings. The molecule has 0 heterocycles. The van der Waals surface area contributed by atoms with Gasteiger partial charge in [-0.15, -0.1) is 11.6 Å². The third-order valence-electron chi connectivity index (χ3n) is 1.85. The van der Waals surface area contributed by atoms with Gasteiger partial charge in [0.2, 0.25) is 0 Å². The molecule has 0 radical (unpaired) electrons. The normalized spacial score (nSPS) is 9.75. The van der Waals surface area contributed by atoms with Crippen molar-refractivity contribution < 1.29 is 0 Å². The summed E-state index contributed by atoms with van der Waals surface area (Å²) in [6.45, 7) is 3.77. The summed E-state index contributed by atoms with van der Waals surface area (Å²) in [4.78, 5) is 0. The lowest BCUT2D eigenvalue weighted by atomic mass is 10.0. The SMILES string of the molecule is C=Cc1ccccc1CCCCl. The molecule has 0 saturated carbocycles. The number of alkyl halides is 1. The number of halogens is 1. The monoisotopic (exact) mass is 180 g/mol. The number of hydrogen-bond acceptors (Lipinski definition) is 0. The van der Waals surface area contributed by atoms with E-state index in [0.717, 1.165) is 18.7 Å². The van der Waals surface area contributed by atoms with Crippen molar-refractivity contribution in [3.8, 4) is 0 Å². The largest absolute Gasteiger partial charge is 0.127 e. The number of rotatable bonds is 4. The fraction of sp³-hybridized carbons (Fsp3) is 0.273. The number of hydrogen-bond donors (Lipinski definition) is 0. The highest BCUT2D eigenvalue weighted by molar-refractivity contribution is 6.17. The van der Waals surface area contributed by atoms with E-state index in [0.29, 0.717) is 0 Å². The minimum Gasteiger partial charge on any atom is -0.127 e. The Balaban J connectivity index is 2.75. The van der Waals surface area contributed by atoms with Gasteiger partial charge in [0.25, 0.3) is 0 Å². The fourth-order valence-electron chi connectivity index (χ4n) is 1.22. The summed E-state index contributed by atoms with van der Waals surface area (Å²) < 4.78 is 0. The lowest BCUT2D eigenvalue weighted by molar-refractivity contribution is 0.926. The molecule has 1 rings (SSSR count). The zero-order valence-electron chi connectivity index (χ0n) is 7.09. The van der Waals surface area contributed by atoms with E-state index in [4.69, 9.17) is 11.6 Å². The maximum atomic E-state index is 5.62. The van der Waals surface area contributed by atoms with Crippen molar-refractivity contribution in [3.63, 3.8) is 0 Å². The van der Waals surface area contributed by atoms with Crippen LogP contribution in [0.25, 0.3) is 6.08 Å². The van der Waals surface area contributed by atoms with E-state index in [9.17, 15) is 0 Å². The Hall–Kier alpha value is -0.750. The van der Waals surface area contributed by atoms with E-state index < -0.39 is 0 Å². The van der Waals surface area contributed by atoms with Crippen LogP contribution in [-0.4, -0.2) is 5.88 Å². The third-order valence-corrected chi connectivity index (χ3v) is 2.12. The van der Waals surface area contributed by atoms with Gasteiger partial charge in [-0.25, -0.2) is 0 Å². The Morgan fingerprint density at radius 3 is 2.75 bits per heavy atom. The van der Waals surface area contributed by atoms with Crippen LogP contribution < -0.4 is 0 Å². The van der Waals surface area contributed by atoms with Crippen LogP contribution >= 0.6 is 11.6 Å². The van der Waals surface area contributed by atoms with Crippen molar-refractivity contribution in [1.29, 1.82) is 0 Å². The predicted octanol–water partition coefficient (Wildman–Crippen LogP) is 3.50. The van der Waals surface area contributed by atoms with Gasteiger partial charge < -0.3 is 0 Å². The second-order valence-electron chi connectivity index (χ2n) is 2.70. The Bertz CT molecular complexity index is 253. The van der Waals surface area contributed by atoms with Crippen LogP contribution in [0.5, 0.6) is 0 Å². The summed E-state index contributed by atoms with van der Waals surface area (Å²) in [5.41, 5.74) is 2.57. The Morgan fingerprint density at radius 2 is 2.08 bits per heavy atom. The zero-order valence-corrected chi connectivity index (χ0v) is 7.85. The first kappa shape index (κ1) is 9.34. The highest BCUT2D eigenvalue weighted by Crippen LogP contribution is 2.12. The van der Waals surface area contributed by atoms with Gasteiger partial charge in [0.1, 0.15) is 0 Å². The van der Waals surface area contributed by atoms with Gasteiger partial charge in [-0.05, 0) is 24.0 Å². The molecule has 12 heavy (non-hydrogen) atoms. The smallest absolute Gasteiger partial charge is 0.0226 e. The molecule has 1 aromatic rings. The summed E-state index contributed by atoms with van der Waals surface area (Å²) >= 11 is 5.62. The highest BCUT2D eigenvalue weighted by Gasteiger charge is 1.96. The molecule has 1 aromatic carbocycles. The van der Waals surface area contributed by atoms with E-state index in [1.807, 2.05) is 12.1 Å². The van der Waals surface area contributed by atoms with Gasteiger partial charge in [-0.2, -0.15) is 0 Å². The summed E-state index contributed by atoms with van der Waals surface area (Å²) in [6.07, 6.45) is 3.97. The van der Waals surface area contributed by atoms with Crippen molar-refractivity contribution in [2.24, 2.45) is 0 Å². The van der Waals surface area contributed by atoms with Crippen LogP contribution in [0.15, 0.2) is 30.8 Å². The molecule has 0 aliphatic heterocycles. The maximum Gasteiger partial charge on any atom is 0.0226 e. The lowest BCUT2D eigenvalue weighted by Crippen LogP contribution is -1.89. The van der Waals surface area contributed by atoms with Crippen molar-refractivity contribution >= 4 is 17.7 Å². The average molecular weight is 181 g/mol. The van der Waals surface area contributed by atoms with Crippen LogP contribution in [0.4, 0.5) is 0 Å². The fourth-order valence-corrected chi connectivity index (χ4v) is 1.35. The van der Waals surface area contributed by atoms with E-state index in [1.165, 1.54) is 11.1 Å². The van der Waals surface area contributed by atoms with Gasteiger partial charge >= 0.3 is 0 Å². The highest BCUT2D eigenvalue weighted by atomic mass is 35.5. The predicted molar refractivity (Wildman–Crippen MR) is 55.6 cm³/mol. The third kappa shape index (κ3) is 2.38. The quantitative estimate of drug-likeness (QED) is 0.623. The zero-order chi connectivity index (χ0) is 8.81. The van der Waals surface area contributed by atoms with Crippen LogP contribution in [0.3, 0.4) is 0 Å². The topological polar surface area (TPSA) is 0 Å². The van der Waals surface area contributed by atoms with Gasteiger partial charge in [0.15, 0.2) is 0 Å². The molecule has 64 valence electrons. The molecule has 0 amide bonds. The summed E-state index contributed by atoms with van der Waals surface area (Å²) in [5.74, 6) is 0.728. The average Bonchev–Trinajstić information content (AvgIpc) is 2.15. The molecule has 0 unspecified atom stereocenters. The van der Waals surface area contributed by atoms with Crippen LogP contribution in [0, 0.1) is 0 Å². The van der Waals surface area contributed by atoms with Gasteiger partial charge in [0.05, 0.1) is 0 Å². The first-order valence-electron chi connectivity index (χ1n) is 4.15. The van der Waals surface area contributed by atoms with E-state index >= 15 is 0 Å². The summed E-state index contributed by atoms with van der Waals surface area (Å²) in [5, 5.41) is 0. The van der Waals surface area contributed by atoms with Gasteiger partial charge in [-0.1, -0.05) is 36.9 Å². The molecule has 0 nitrogen and oxygen atoms in total. The van der Waals surface area contributed by atoms with Crippen LogP contribution in [0.1, 0.15) is 17.5 Å². The second kappa shape index (κ2) is 5.00. The maximum absolute atomic E-state index is 5.62. The standard InChI is InChI=1S/C11H13Cl/c1-2-10-6-3-4-7-11(10)8-5-9-12/h2-4,6-7H,1,5,8-9H2. The lowest BCUT2D eigenvalue weighted by Gasteiger charge is -2.03. The Kier molecular flexibility index (Phi) is 3.89. The molecule has 0 aromatic heterocycles. The molecule has 0 aliphatic rings.